The zero-order valence-corrected chi connectivity index (χ0v) is 15.6. The predicted molar refractivity (Wildman–Crippen MR) is 91.1 cm³/mol. The van der Waals surface area contributed by atoms with E-state index in [2.05, 4.69) is 10.2 Å². The molecule has 1 aromatic carbocycles. The number of nitrogens with one attached hydrogen (secondary N) is 1. The Bertz CT molecular complexity index is 761. The van der Waals surface area contributed by atoms with Crippen LogP contribution in [-0.4, -0.2) is 49.3 Å². The Labute approximate surface area is 163 Å². The molecule has 1 fully saturated rings. The fourth-order valence-electron chi connectivity index (χ4n) is 4.50. The molecule has 0 radical (unpaired) electrons. The number of hydrogen-bond acceptors (Lipinski definition) is 2. The lowest BCUT2D eigenvalue weighted by atomic mass is 9.77. The van der Waals surface area contributed by atoms with E-state index in [1.54, 1.807) is 0 Å². The van der Waals surface area contributed by atoms with Crippen molar-refractivity contribution in [1.29, 1.82) is 0 Å². The highest BCUT2D eigenvalue weighted by atomic mass is 19.4. The van der Waals surface area contributed by atoms with Gasteiger partial charge in [-0.2, -0.15) is 26.3 Å². The summed E-state index contributed by atoms with van der Waals surface area (Å²) in [6.45, 7) is 1.22. The maximum Gasteiger partial charge on any atom is 0.435 e. The van der Waals surface area contributed by atoms with Crippen LogP contribution in [0, 0.1) is 0 Å². The Morgan fingerprint density at radius 3 is 2.34 bits per heavy atom. The van der Waals surface area contributed by atoms with Crippen molar-refractivity contribution in [3.8, 4) is 0 Å². The summed E-state index contributed by atoms with van der Waals surface area (Å²) in [5.41, 5.74) is -5.84. The molecule has 1 unspecified atom stereocenters. The Kier molecular flexibility index (Phi) is 5.61. The first-order valence-electron chi connectivity index (χ1n) is 9.30. The van der Waals surface area contributed by atoms with Crippen molar-refractivity contribution in [3.05, 3.63) is 34.9 Å². The highest BCUT2D eigenvalue weighted by molar-refractivity contribution is 5.75. The molecule has 0 aromatic heterocycles. The quantitative estimate of drug-likeness (QED) is 0.732. The zero-order valence-electron chi connectivity index (χ0n) is 15.6. The molecule has 0 saturated carbocycles. The van der Waals surface area contributed by atoms with E-state index in [0.717, 1.165) is 6.07 Å². The normalized spacial score (nSPS) is 22.9. The summed E-state index contributed by atoms with van der Waals surface area (Å²) in [5, 5.41) is 2.54. The van der Waals surface area contributed by atoms with E-state index in [1.165, 1.54) is 13.1 Å². The molecule has 1 heterocycles. The molecule has 1 aliphatic carbocycles. The zero-order chi connectivity index (χ0) is 21.6. The smallest absolute Gasteiger partial charge is 0.359 e. The third kappa shape index (κ3) is 3.71. The molecule has 1 saturated heterocycles. The molecule has 1 N–H and O–H groups in total. The monoisotopic (exact) mass is 426 g/mol. The van der Waals surface area contributed by atoms with Crippen molar-refractivity contribution in [3.63, 3.8) is 0 Å². The van der Waals surface area contributed by atoms with Gasteiger partial charge in [0.2, 0.25) is 5.91 Å². The van der Waals surface area contributed by atoms with Crippen molar-refractivity contribution < 1.29 is 35.5 Å². The number of carbonyl (C=O) groups excluding carboxylic acids is 1. The Balaban J connectivity index is 1.87. The number of hydrogen-bond donors (Lipinski definition) is 1. The lowest BCUT2D eigenvalue weighted by Crippen LogP contribution is -2.50. The topological polar surface area (TPSA) is 32.3 Å². The van der Waals surface area contributed by atoms with E-state index < -0.39 is 23.6 Å². The summed E-state index contributed by atoms with van der Waals surface area (Å²) in [7, 11) is 1.54. The molecule has 1 aliphatic heterocycles. The number of rotatable bonds is 4. The van der Waals surface area contributed by atoms with Crippen LogP contribution in [0.3, 0.4) is 0 Å². The largest absolute Gasteiger partial charge is 0.435 e. The minimum absolute atomic E-state index is 0.0525. The second kappa shape index (κ2) is 7.45. The minimum atomic E-state index is -6.11. The second-order valence-corrected chi connectivity index (χ2v) is 7.53. The second-order valence-electron chi connectivity index (χ2n) is 7.53. The molecule has 3 nitrogen and oxygen atoms in total. The average Bonchev–Trinajstić information content (AvgIpc) is 3.06. The van der Waals surface area contributed by atoms with Gasteiger partial charge in [-0.15, -0.1) is 0 Å². The van der Waals surface area contributed by atoms with Crippen LogP contribution in [0.15, 0.2) is 18.2 Å². The van der Waals surface area contributed by atoms with Gasteiger partial charge < -0.3 is 5.32 Å². The number of alkyl halides is 7. The number of fused-ring (bicyclic) bond motifs is 3. The SMILES string of the molecule is CNC(=O)CCN1CC[C@H]2c3ccc(C(F)(C(F)(F)F)C(F)(F)F)cc3CCC21. The molecule has 3 rings (SSSR count). The van der Waals surface area contributed by atoms with Crippen molar-refractivity contribution in [2.75, 3.05) is 20.1 Å². The molecular formula is C19H21F7N2O. The van der Waals surface area contributed by atoms with E-state index in [-0.39, 0.29) is 24.3 Å². The molecule has 10 heteroatoms. The molecular weight excluding hydrogens is 405 g/mol. The minimum Gasteiger partial charge on any atom is -0.359 e. The van der Waals surface area contributed by atoms with E-state index in [0.29, 0.717) is 49.5 Å². The maximum atomic E-state index is 14.4. The van der Waals surface area contributed by atoms with Crippen LogP contribution in [0.1, 0.15) is 41.9 Å². The van der Waals surface area contributed by atoms with Gasteiger partial charge in [0, 0.05) is 37.5 Å². The summed E-state index contributed by atoms with van der Waals surface area (Å²) in [5.74, 6) is -0.156. The first kappa shape index (κ1) is 21.9. The molecule has 162 valence electrons. The van der Waals surface area contributed by atoms with Crippen molar-refractivity contribution in [2.24, 2.45) is 0 Å². The Morgan fingerprint density at radius 2 is 1.76 bits per heavy atom. The summed E-state index contributed by atoms with van der Waals surface area (Å²) in [6, 6.07) is 2.60. The summed E-state index contributed by atoms with van der Waals surface area (Å²) >= 11 is 0. The molecule has 2 atom stereocenters. The first-order chi connectivity index (χ1) is 13.4. The van der Waals surface area contributed by atoms with Gasteiger partial charge in [0.15, 0.2) is 0 Å². The number of carbonyl (C=O) groups is 1. The Hall–Kier alpha value is -1.84. The van der Waals surface area contributed by atoms with E-state index in [9.17, 15) is 35.5 Å². The van der Waals surface area contributed by atoms with Gasteiger partial charge in [-0.3, -0.25) is 9.69 Å². The first-order valence-corrected chi connectivity index (χ1v) is 9.30. The van der Waals surface area contributed by atoms with Crippen LogP contribution in [0.2, 0.25) is 0 Å². The average molecular weight is 426 g/mol. The molecule has 0 bridgehead atoms. The standard InChI is InChI=1S/C19H21F7N2O/c1-27-16(29)7-9-28-8-6-14-13-4-3-12(10-11(13)2-5-15(14)28)17(20,18(21,22)23)19(24,25)26/h3-4,10,14-15H,2,5-9H2,1H3,(H,27,29)/t14-,15?/m0/s1. The summed E-state index contributed by atoms with van der Waals surface area (Å²) in [6.07, 6.45) is -10.4. The lowest BCUT2D eigenvalue weighted by molar-refractivity contribution is -0.348. The van der Waals surface area contributed by atoms with Gasteiger partial charge in [0.05, 0.1) is 0 Å². The van der Waals surface area contributed by atoms with Gasteiger partial charge in [0.1, 0.15) is 0 Å². The fraction of sp³-hybridized carbons (Fsp3) is 0.632. The number of likely N-dealkylation sites (tertiary alicyclic amines) is 1. The van der Waals surface area contributed by atoms with E-state index in [1.807, 2.05) is 0 Å². The molecule has 0 spiro atoms. The van der Waals surface area contributed by atoms with Crippen LogP contribution < -0.4 is 5.32 Å². The molecule has 29 heavy (non-hydrogen) atoms. The van der Waals surface area contributed by atoms with Gasteiger partial charge in [-0.25, -0.2) is 4.39 Å². The third-order valence-electron chi connectivity index (χ3n) is 6.00. The van der Waals surface area contributed by atoms with Crippen LogP contribution in [-0.2, 0) is 16.9 Å². The number of benzene rings is 1. The predicted octanol–water partition coefficient (Wildman–Crippen LogP) is 4.22. The summed E-state index contributed by atoms with van der Waals surface area (Å²) < 4.78 is 92.5. The van der Waals surface area contributed by atoms with Crippen LogP contribution >= 0.6 is 0 Å². The lowest BCUT2D eigenvalue weighted by Gasteiger charge is -2.35. The number of nitrogens with zero attached hydrogens (tertiary/aromatic N) is 1. The van der Waals surface area contributed by atoms with Crippen molar-refractivity contribution in [1.82, 2.24) is 10.2 Å². The van der Waals surface area contributed by atoms with Gasteiger partial charge in [-0.1, -0.05) is 18.2 Å². The molecule has 2 aliphatic rings. The molecule has 1 aromatic rings. The van der Waals surface area contributed by atoms with Crippen LogP contribution in [0.25, 0.3) is 0 Å². The number of halogens is 7. The van der Waals surface area contributed by atoms with E-state index >= 15 is 0 Å². The highest BCUT2D eigenvalue weighted by Gasteiger charge is 2.73. The van der Waals surface area contributed by atoms with Gasteiger partial charge in [0.25, 0.3) is 0 Å². The maximum absolute atomic E-state index is 14.4. The number of amides is 1. The molecule has 1 amide bonds. The van der Waals surface area contributed by atoms with Gasteiger partial charge in [-0.05, 0) is 36.9 Å². The van der Waals surface area contributed by atoms with Crippen LogP contribution in [0.4, 0.5) is 30.7 Å². The van der Waals surface area contributed by atoms with Gasteiger partial charge >= 0.3 is 18.0 Å². The van der Waals surface area contributed by atoms with Crippen LogP contribution in [0.5, 0.6) is 0 Å². The van der Waals surface area contributed by atoms with Crippen molar-refractivity contribution >= 4 is 5.91 Å². The third-order valence-corrected chi connectivity index (χ3v) is 6.00. The highest BCUT2D eigenvalue weighted by Crippen LogP contribution is 2.54. The summed E-state index contributed by atoms with van der Waals surface area (Å²) in [4.78, 5) is 13.6. The number of aryl methyl sites for hydroxylation is 1. The van der Waals surface area contributed by atoms with Crippen molar-refractivity contribution in [2.45, 2.75) is 55.7 Å². The fourth-order valence-corrected chi connectivity index (χ4v) is 4.50. The Morgan fingerprint density at radius 1 is 1.10 bits per heavy atom. The van der Waals surface area contributed by atoms with E-state index in [4.69, 9.17) is 0 Å².